The first-order valence-corrected chi connectivity index (χ1v) is 15.1. The van der Waals surface area contributed by atoms with Gasteiger partial charge in [-0.05, 0) is 45.5 Å². The van der Waals surface area contributed by atoms with Gasteiger partial charge in [0.05, 0.1) is 0 Å². The number of benzene rings is 6. The smallest absolute Gasteiger partial charge is 0.399 e. The number of hydrogen-bond donors (Lipinski definition) is 0. The minimum absolute atomic E-state index is 0.688. The third-order valence-electron chi connectivity index (χ3n) is 7.78. The van der Waals surface area contributed by atoms with Crippen LogP contribution in [-0.2, 0) is 20.2 Å². The minimum atomic E-state index is -1.86. The molecule has 42 heavy (non-hydrogen) atoms. The molecule has 4 heteroatoms. The second-order valence-electron chi connectivity index (χ2n) is 10.2. The monoisotopic (exact) mass is 564 g/mol. The average Bonchev–Trinajstić information content (AvgIpc) is 3.44. The predicted molar refractivity (Wildman–Crippen MR) is 169 cm³/mol. The molecule has 0 spiro atoms. The van der Waals surface area contributed by atoms with Crippen molar-refractivity contribution in [2.75, 3.05) is 0 Å². The molecular weight excluding hydrogens is 535 g/mol. The maximum absolute atomic E-state index is 7.19. The van der Waals surface area contributed by atoms with Gasteiger partial charge in [0.1, 0.15) is 5.75 Å². The van der Waals surface area contributed by atoms with Crippen molar-refractivity contribution in [3.8, 4) is 16.9 Å². The zero-order valence-electron chi connectivity index (χ0n) is 22.9. The molecule has 1 saturated heterocycles. The Morgan fingerprint density at radius 3 is 1.02 bits per heavy atom. The van der Waals surface area contributed by atoms with Crippen LogP contribution in [0.1, 0.15) is 22.3 Å². The largest absolute Gasteiger partial charge is 0.427 e. The summed E-state index contributed by atoms with van der Waals surface area (Å²) in [6, 6.07) is 59.8. The minimum Gasteiger partial charge on any atom is -0.427 e. The SMILES string of the molecule is c1ccc(-c2ccc(OP3OC(c4ccccc4)(c4ccccc4)C(c4ccccc4)(c4ccccc4)O3)cc2)cc1. The summed E-state index contributed by atoms with van der Waals surface area (Å²) in [5.41, 5.74) is 4.11. The molecule has 1 heterocycles. The Balaban J connectivity index is 1.41. The molecule has 1 fully saturated rings. The first-order chi connectivity index (χ1) is 20.8. The molecule has 7 rings (SSSR count). The van der Waals surface area contributed by atoms with Gasteiger partial charge in [0.2, 0.25) is 0 Å². The molecule has 0 N–H and O–H groups in total. The normalized spacial score (nSPS) is 15.7. The van der Waals surface area contributed by atoms with Crippen LogP contribution in [0.2, 0.25) is 0 Å². The molecule has 6 aromatic carbocycles. The Labute approximate surface area is 248 Å². The first-order valence-electron chi connectivity index (χ1n) is 14.0. The number of hydrogen-bond acceptors (Lipinski definition) is 3. The summed E-state index contributed by atoms with van der Waals surface area (Å²) >= 11 is 0. The highest BCUT2D eigenvalue weighted by Crippen LogP contribution is 2.70. The Morgan fingerprint density at radius 1 is 0.357 bits per heavy atom. The van der Waals surface area contributed by atoms with Crippen molar-refractivity contribution >= 4 is 8.60 Å². The summed E-state index contributed by atoms with van der Waals surface area (Å²) < 4.78 is 21.0. The summed E-state index contributed by atoms with van der Waals surface area (Å²) in [5.74, 6) is 0.688. The highest BCUT2D eigenvalue weighted by molar-refractivity contribution is 7.42. The van der Waals surface area contributed by atoms with Crippen LogP contribution in [-0.4, -0.2) is 0 Å². The predicted octanol–water partition coefficient (Wildman–Crippen LogP) is 9.89. The molecule has 0 saturated carbocycles. The van der Waals surface area contributed by atoms with Crippen molar-refractivity contribution in [2.24, 2.45) is 0 Å². The standard InChI is InChI=1S/C38H29O3P/c1-6-16-30(17-7-1)31-26-28-36(29-27-31)39-42-40-37(32-18-8-2-9-19-32,33-20-10-3-11-21-33)38(41-42,34-22-12-4-13-23-34)35-24-14-5-15-25-35/h1-29H. The second-order valence-corrected chi connectivity index (χ2v) is 11.2. The topological polar surface area (TPSA) is 27.7 Å². The van der Waals surface area contributed by atoms with E-state index < -0.39 is 19.8 Å². The van der Waals surface area contributed by atoms with Crippen LogP contribution < -0.4 is 4.52 Å². The Bertz CT molecular complexity index is 1560. The van der Waals surface area contributed by atoms with Crippen LogP contribution in [0.4, 0.5) is 0 Å². The van der Waals surface area contributed by atoms with Crippen molar-refractivity contribution in [1.29, 1.82) is 0 Å². The maximum Gasteiger partial charge on any atom is 0.399 e. The van der Waals surface area contributed by atoms with Crippen LogP contribution in [0.5, 0.6) is 5.75 Å². The molecular formula is C38H29O3P. The Hall–Kier alpha value is -4.53. The molecule has 3 nitrogen and oxygen atoms in total. The van der Waals surface area contributed by atoms with Gasteiger partial charge in [-0.2, -0.15) is 0 Å². The van der Waals surface area contributed by atoms with Gasteiger partial charge in [-0.15, -0.1) is 0 Å². The van der Waals surface area contributed by atoms with Gasteiger partial charge in [0.15, 0.2) is 11.2 Å². The maximum atomic E-state index is 7.19. The Morgan fingerprint density at radius 2 is 0.667 bits per heavy atom. The third kappa shape index (κ3) is 4.53. The molecule has 0 aromatic heterocycles. The third-order valence-corrected chi connectivity index (χ3v) is 8.99. The zero-order valence-corrected chi connectivity index (χ0v) is 23.8. The molecule has 0 atom stereocenters. The highest BCUT2D eigenvalue weighted by Gasteiger charge is 2.66. The van der Waals surface area contributed by atoms with Gasteiger partial charge >= 0.3 is 8.60 Å². The van der Waals surface area contributed by atoms with Gasteiger partial charge in [-0.1, -0.05) is 164 Å². The van der Waals surface area contributed by atoms with Crippen LogP contribution >= 0.6 is 8.60 Å². The van der Waals surface area contributed by atoms with E-state index in [1.165, 1.54) is 0 Å². The molecule has 204 valence electrons. The molecule has 0 bridgehead atoms. The van der Waals surface area contributed by atoms with Crippen molar-refractivity contribution < 1.29 is 13.6 Å². The van der Waals surface area contributed by atoms with E-state index in [0.717, 1.165) is 33.4 Å². The summed E-state index contributed by atoms with van der Waals surface area (Å²) in [6.45, 7) is 0. The van der Waals surface area contributed by atoms with E-state index in [2.05, 4.69) is 72.8 Å². The molecule has 6 aromatic rings. The summed E-state index contributed by atoms with van der Waals surface area (Å²) in [7, 11) is -1.86. The van der Waals surface area contributed by atoms with Crippen LogP contribution in [0.3, 0.4) is 0 Å². The lowest BCUT2D eigenvalue weighted by Gasteiger charge is -2.43. The van der Waals surface area contributed by atoms with Crippen molar-refractivity contribution in [1.82, 2.24) is 0 Å². The molecule has 0 radical (unpaired) electrons. The van der Waals surface area contributed by atoms with Crippen molar-refractivity contribution in [2.45, 2.75) is 11.2 Å². The summed E-state index contributed by atoms with van der Waals surface area (Å²) in [6.07, 6.45) is 0. The van der Waals surface area contributed by atoms with Crippen LogP contribution in [0.25, 0.3) is 11.1 Å². The van der Waals surface area contributed by atoms with Gasteiger partial charge in [0.25, 0.3) is 0 Å². The van der Waals surface area contributed by atoms with E-state index in [1.807, 2.05) is 103 Å². The lowest BCUT2D eigenvalue weighted by molar-refractivity contribution is 0.00370. The Kier molecular flexibility index (Phi) is 7.15. The fraction of sp³-hybridized carbons (Fsp3) is 0.0526. The first kappa shape index (κ1) is 26.4. The lowest BCUT2D eigenvalue weighted by Crippen LogP contribution is -2.48. The quantitative estimate of drug-likeness (QED) is 0.181. The van der Waals surface area contributed by atoms with E-state index in [9.17, 15) is 0 Å². The second kappa shape index (κ2) is 11.4. The zero-order chi connectivity index (χ0) is 28.2. The molecule has 0 aliphatic carbocycles. The average molecular weight is 565 g/mol. The van der Waals surface area contributed by atoms with E-state index >= 15 is 0 Å². The fourth-order valence-electron chi connectivity index (χ4n) is 5.88. The molecule has 1 aliphatic heterocycles. The van der Waals surface area contributed by atoms with Crippen molar-refractivity contribution in [3.05, 3.63) is 198 Å². The molecule has 1 aliphatic rings. The van der Waals surface area contributed by atoms with Crippen LogP contribution in [0.15, 0.2) is 176 Å². The van der Waals surface area contributed by atoms with Gasteiger partial charge in [-0.25, -0.2) is 0 Å². The highest BCUT2D eigenvalue weighted by atomic mass is 31.2. The van der Waals surface area contributed by atoms with E-state index in [1.54, 1.807) is 0 Å². The van der Waals surface area contributed by atoms with Gasteiger partial charge in [0, 0.05) is 0 Å². The van der Waals surface area contributed by atoms with Crippen LogP contribution in [0, 0.1) is 0 Å². The van der Waals surface area contributed by atoms with E-state index in [4.69, 9.17) is 13.6 Å². The fourth-order valence-corrected chi connectivity index (χ4v) is 7.41. The number of rotatable bonds is 7. The molecule has 0 amide bonds. The van der Waals surface area contributed by atoms with Gasteiger partial charge in [-0.3, -0.25) is 9.05 Å². The molecule has 0 unspecified atom stereocenters. The van der Waals surface area contributed by atoms with Gasteiger partial charge < -0.3 is 4.52 Å². The van der Waals surface area contributed by atoms with E-state index in [-0.39, 0.29) is 0 Å². The summed E-state index contributed by atoms with van der Waals surface area (Å²) in [5, 5.41) is 0. The lowest BCUT2D eigenvalue weighted by atomic mass is 9.66. The van der Waals surface area contributed by atoms with Crippen molar-refractivity contribution in [3.63, 3.8) is 0 Å². The summed E-state index contributed by atoms with van der Waals surface area (Å²) in [4.78, 5) is 0. The van der Waals surface area contributed by atoms with E-state index in [0.29, 0.717) is 5.75 Å².